The van der Waals surface area contributed by atoms with Crippen LogP contribution in [0.25, 0.3) is 11.4 Å². The van der Waals surface area contributed by atoms with Gasteiger partial charge in [0.05, 0.1) is 17.0 Å². The minimum absolute atomic E-state index is 0.0586. The Morgan fingerprint density at radius 3 is 2.21 bits per heavy atom. The smallest absolute Gasteiger partial charge is 0.257 e. The quantitative estimate of drug-likeness (QED) is 0.613. The lowest BCUT2D eigenvalue weighted by Crippen LogP contribution is -2.35. The van der Waals surface area contributed by atoms with E-state index in [2.05, 4.69) is 32.0 Å². The first-order chi connectivity index (χ1) is 16.5. The predicted molar refractivity (Wildman–Crippen MR) is 132 cm³/mol. The van der Waals surface area contributed by atoms with Crippen LogP contribution in [-0.4, -0.2) is 63.4 Å². The molecule has 0 aliphatic carbocycles. The van der Waals surface area contributed by atoms with Gasteiger partial charge < -0.3 is 15.5 Å². The van der Waals surface area contributed by atoms with Crippen molar-refractivity contribution in [3.63, 3.8) is 0 Å². The number of rotatable bonds is 6. The normalized spacial score (nSPS) is 21.0. The summed E-state index contributed by atoms with van der Waals surface area (Å²) in [5.41, 5.74) is 10.6. The molecule has 2 saturated heterocycles. The van der Waals surface area contributed by atoms with Gasteiger partial charge in [-0.15, -0.1) is 0 Å². The molecule has 3 atom stereocenters. The summed E-state index contributed by atoms with van der Waals surface area (Å²) in [6, 6.07) is 14.2. The molecule has 2 aromatic heterocycles. The standard InChI is InChI=1S/C27H32N6O/c1-18-25(19(2)31-26(30-18)21-8-11-29-12-9-21)27(34)33-16-22-14-32(15-23(22)17-33)13-10-24(28)20-6-4-3-5-7-20/h3-9,11-12,22-24H,10,13-17,28H2,1-2H3/t22?,23?,24-/m0/s1. The molecule has 0 radical (unpaired) electrons. The SMILES string of the molecule is Cc1nc(-c2ccncc2)nc(C)c1C(=O)N1CC2CN(CC[C@H](N)c3ccccc3)CC2C1. The number of amides is 1. The lowest BCUT2D eigenvalue weighted by molar-refractivity contribution is 0.0771. The molecule has 1 aromatic carbocycles. The Labute approximate surface area is 201 Å². The summed E-state index contributed by atoms with van der Waals surface area (Å²) in [5, 5.41) is 0. The van der Waals surface area contributed by atoms with E-state index in [1.165, 1.54) is 5.56 Å². The van der Waals surface area contributed by atoms with Crippen LogP contribution in [0, 0.1) is 25.7 Å². The van der Waals surface area contributed by atoms with E-state index in [1.807, 2.05) is 49.1 Å². The van der Waals surface area contributed by atoms with E-state index in [1.54, 1.807) is 12.4 Å². The van der Waals surface area contributed by atoms with Crippen molar-refractivity contribution in [1.29, 1.82) is 0 Å². The van der Waals surface area contributed by atoms with Crippen molar-refractivity contribution >= 4 is 5.91 Å². The van der Waals surface area contributed by atoms with Crippen LogP contribution in [0.3, 0.4) is 0 Å². The van der Waals surface area contributed by atoms with Crippen molar-refractivity contribution in [3.05, 3.63) is 77.4 Å². The van der Waals surface area contributed by atoms with Crippen LogP contribution < -0.4 is 5.73 Å². The summed E-state index contributed by atoms with van der Waals surface area (Å²) in [6.07, 6.45) is 4.40. The average molecular weight is 457 g/mol. The second-order valence-corrected chi connectivity index (χ2v) is 9.62. The average Bonchev–Trinajstić information content (AvgIpc) is 3.42. The number of aryl methyl sites for hydroxylation is 2. The summed E-state index contributed by atoms with van der Waals surface area (Å²) < 4.78 is 0. The molecule has 0 saturated carbocycles. The lowest BCUT2D eigenvalue weighted by Gasteiger charge is -2.23. The lowest BCUT2D eigenvalue weighted by atomic mass is 10.0. The number of nitrogens with zero attached hydrogens (tertiary/aromatic N) is 5. The number of hydrogen-bond acceptors (Lipinski definition) is 6. The highest BCUT2D eigenvalue weighted by Crippen LogP contribution is 2.33. The molecule has 0 spiro atoms. The van der Waals surface area contributed by atoms with Crippen molar-refractivity contribution in [1.82, 2.24) is 24.8 Å². The van der Waals surface area contributed by atoms with E-state index < -0.39 is 0 Å². The fourth-order valence-electron chi connectivity index (χ4n) is 5.44. The third-order valence-electron chi connectivity index (χ3n) is 7.26. The molecule has 4 heterocycles. The highest BCUT2D eigenvalue weighted by Gasteiger charge is 2.42. The summed E-state index contributed by atoms with van der Waals surface area (Å²) in [7, 11) is 0. The molecule has 7 heteroatoms. The highest BCUT2D eigenvalue weighted by molar-refractivity contribution is 5.96. The fourth-order valence-corrected chi connectivity index (χ4v) is 5.44. The number of hydrogen-bond donors (Lipinski definition) is 1. The van der Waals surface area contributed by atoms with E-state index in [-0.39, 0.29) is 11.9 Å². The molecule has 34 heavy (non-hydrogen) atoms. The Morgan fingerprint density at radius 1 is 0.971 bits per heavy atom. The molecule has 7 nitrogen and oxygen atoms in total. The van der Waals surface area contributed by atoms with Gasteiger partial charge in [0.25, 0.3) is 5.91 Å². The van der Waals surface area contributed by atoms with Crippen LogP contribution in [0.2, 0.25) is 0 Å². The molecule has 3 aromatic rings. The van der Waals surface area contributed by atoms with Gasteiger partial charge in [-0.2, -0.15) is 0 Å². The van der Waals surface area contributed by atoms with Crippen molar-refractivity contribution in [2.45, 2.75) is 26.3 Å². The number of pyridine rings is 1. The predicted octanol–water partition coefficient (Wildman–Crippen LogP) is 3.25. The van der Waals surface area contributed by atoms with Crippen molar-refractivity contribution in [2.24, 2.45) is 17.6 Å². The topological polar surface area (TPSA) is 88.2 Å². The maximum Gasteiger partial charge on any atom is 0.257 e. The summed E-state index contributed by atoms with van der Waals surface area (Å²) in [6.45, 7) is 8.48. The Bertz CT molecular complexity index is 1120. The van der Waals surface area contributed by atoms with Crippen molar-refractivity contribution in [2.75, 3.05) is 32.7 Å². The fraction of sp³-hybridized carbons (Fsp3) is 0.407. The monoisotopic (exact) mass is 456 g/mol. The maximum absolute atomic E-state index is 13.4. The van der Waals surface area contributed by atoms with Gasteiger partial charge in [-0.3, -0.25) is 9.78 Å². The Kier molecular flexibility index (Phi) is 6.39. The Morgan fingerprint density at radius 2 is 1.59 bits per heavy atom. The van der Waals surface area contributed by atoms with Gasteiger partial charge in [0.2, 0.25) is 0 Å². The molecule has 2 fully saturated rings. The van der Waals surface area contributed by atoms with Crippen LogP contribution in [0.15, 0.2) is 54.9 Å². The molecule has 5 rings (SSSR count). The first kappa shape index (κ1) is 22.6. The molecular weight excluding hydrogens is 424 g/mol. The Hall–Kier alpha value is -3.16. The third-order valence-corrected chi connectivity index (χ3v) is 7.26. The first-order valence-electron chi connectivity index (χ1n) is 12.1. The van der Waals surface area contributed by atoms with Gasteiger partial charge >= 0.3 is 0 Å². The zero-order valence-electron chi connectivity index (χ0n) is 19.9. The van der Waals surface area contributed by atoms with Gasteiger partial charge in [-0.05, 0) is 56.3 Å². The van der Waals surface area contributed by atoms with Gasteiger partial charge in [0, 0.05) is 50.2 Å². The largest absolute Gasteiger partial charge is 0.338 e. The van der Waals surface area contributed by atoms with Crippen molar-refractivity contribution in [3.8, 4) is 11.4 Å². The van der Waals surface area contributed by atoms with E-state index in [9.17, 15) is 4.79 Å². The zero-order valence-corrected chi connectivity index (χ0v) is 19.9. The number of carbonyl (C=O) groups is 1. The van der Waals surface area contributed by atoms with Crippen LogP contribution in [0.1, 0.15) is 39.8 Å². The first-order valence-corrected chi connectivity index (χ1v) is 12.1. The second-order valence-electron chi connectivity index (χ2n) is 9.62. The minimum atomic E-state index is 0.0586. The van der Waals surface area contributed by atoms with Crippen LogP contribution >= 0.6 is 0 Å². The van der Waals surface area contributed by atoms with Crippen molar-refractivity contribution < 1.29 is 4.79 Å². The number of nitrogens with two attached hydrogens (primary N) is 1. The third kappa shape index (κ3) is 4.58. The number of fused-ring (bicyclic) bond motifs is 1. The van der Waals surface area contributed by atoms with Gasteiger partial charge in [-0.25, -0.2) is 9.97 Å². The number of likely N-dealkylation sites (tertiary alicyclic amines) is 2. The minimum Gasteiger partial charge on any atom is -0.338 e. The zero-order chi connectivity index (χ0) is 23.7. The van der Waals surface area contributed by atoms with E-state index in [4.69, 9.17) is 5.73 Å². The van der Waals surface area contributed by atoms with Gasteiger partial charge in [-0.1, -0.05) is 30.3 Å². The number of aromatic nitrogens is 3. The van der Waals surface area contributed by atoms with E-state index in [0.29, 0.717) is 23.2 Å². The molecule has 2 N–H and O–H groups in total. The Balaban J connectivity index is 1.19. The number of carbonyl (C=O) groups excluding carboxylic acids is 1. The van der Waals surface area contributed by atoms with Crippen LogP contribution in [0.4, 0.5) is 0 Å². The molecular formula is C27H32N6O. The van der Waals surface area contributed by atoms with Gasteiger partial charge in [0.1, 0.15) is 0 Å². The summed E-state index contributed by atoms with van der Waals surface area (Å²) >= 11 is 0. The molecule has 2 aliphatic heterocycles. The van der Waals surface area contributed by atoms with Gasteiger partial charge in [0.15, 0.2) is 5.82 Å². The summed E-state index contributed by atoms with van der Waals surface area (Å²) in [5.74, 6) is 1.74. The molecule has 2 unspecified atom stereocenters. The van der Waals surface area contributed by atoms with E-state index >= 15 is 0 Å². The molecule has 2 aliphatic rings. The highest BCUT2D eigenvalue weighted by atomic mass is 16.2. The maximum atomic E-state index is 13.4. The molecule has 0 bridgehead atoms. The van der Waals surface area contributed by atoms with Crippen LogP contribution in [-0.2, 0) is 0 Å². The number of benzene rings is 1. The summed E-state index contributed by atoms with van der Waals surface area (Å²) in [4.78, 5) is 31.3. The second kappa shape index (κ2) is 9.60. The van der Waals surface area contributed by atoms with Crippen LogP contribution in [0.5, 0.6) is 0 Å². The molecule has 176 valence electrons. The molecule has 1 amide bonds. The van der Waals surface area contributed by atoms with E-state index in [0.717, 1.165) is 56.1 Å².